The largest absolute Gasteiger partial charge is 0.496 e. The number of methoxy groups -OCH3 is 1. The monoisotopic (exact) mass is 390 g/mol. The summed E-state index contributed by atoms with van der Waals surface area (Å²) in [4.78, 5) is 14.6. The summed E-state index contributed by atoms with van der Waals surface area (Å²) in [5, 5.41) is 2.69. The van der Waals surface area contributed by atoms with E-state index < -0.39 is 17.6 Å². The molecule has 0 spiro atoms. The third-order valence-electron chi connectivity index (χ3n) is 5.10. The number of amides is 1. The SMILES string of the molecule is COc1ccc(C(=O)Nc2ccc3c(c2)C(C)(C)N(C)C=C3)cc1C(F)(F)F. The molecule has 148 valence electrons. The Bertz CT molecular complexity index is 949. The quantitative estimate of drug-likeness (QED) is 0.791. The fraction of sp³-hybridized carbons (Fsp3) is 0.286. The van der Waals surface area contributed by atoms with Crippen LogP contribution < -0.4 is 10.1 Å². The molecule has 0 fully saturated rings. The van der Waals surface area contributed by atoms with Gasteiger partial charge in [0.25, 0.3) is 5.91 Å². The van der Waals surface area contributed by atoms with E-state index in [0.717, 1.165) is 30.4 Å². The summed E-state index contributed by atoms with van der Waals surface area (Å²) in [7, 11) is 3.12. The van der Waals surface area contributed by atoms with Crippen molar-refractivity contribution >= 4 is 17.7 Å². The van der Waals surface area contributed by atoms with Gasteiger partial charge in [0.1, 0.15) is 5.75 Å². The van der Waals surface area contributed by atoms with E-state index in [9.17, 15) is 18.0 Å². The fourth-order valence-corrected chi connectivity index (χ4v) is 3.15. The van der Waals surface area contributed by atoms with Gasteiger partial charge >= 0.3 is 6.18 Å². The number of fused-ring (bicyclic) bond motifs is 1. The number of rotatable bonds is 3. The van der Waals surface area contributed by atoms with E-state index in [1.807, 2.05) is 31.5 Å². The van der Waals surface area contributed by atoms with Gasteiger partial charge in [-0.15, -0.1) is 0 Å². The van der Waals surface area contributed by atoms with Crippen LogP contribution in [0, 0.1) is 0 Å². The molecule has 3 rings (SSSR count). The molecule has 0 bridgehead atoms. The van der Waals surface area contributed by atoms with Crippen LogP contribution in [-0.4, -0.2) is 25.0 Å². The van der Waals surface area contributed by atoms with Crippen LogP contribution in [0.5, 0.6) is 5.75 Å². The molecule has 0 atom stereocenters. The molecule has 2 aromatic rings. The predicted octanol–water partition coefficient (Wildman–Crippen LogP) is 5.12. The lowest BCUT2D eigenvalue weighted by Crippen LogP contribution is -2.37. The second-order valence-electron chi connectivity index (χ2n) is 7.15. The van der Waals surface area contributed by atoms with E-state index in [0.29, 0.717) is 5.69 Å². The van der Waals surface area contributed by atoms with Crippen molar-refractivity contribution < 1.29 is 22.7 Å². The van der Waals surface area contributed by atoms with Gasteiger partial charge in [0.05, 0.1) is 18.2 Å². The molecule has 0 aliphatic carbocycles. The lowest BCUT2D eigenvalue weighted by atomic mass is 9.86. The minimum absolute atomic E-state index is 0.0953. The molecular weight excluding hydrogens is 369 g/mol. The molecule has 1 heterocycles. The molecule has 1 aliphatic heterocycles. The topological polar surface area (TPSA) is 41.6 Å². The van der Waals surface area contributed by atoms with E-state index in [1.54, 1.807) is 6.07 Å². The van der Waals surface area contributed by atoms with E-state index in [4.69, 9.17) is 4.74 Å². The average Bonchev–Trinajstić information content (AvgIpc) is 2.64. The smallest absolute Gasteiger partial charge is 0.419 e. The van der Waals surface area contributed by atoms with Crippen molar-refractivity contribution in [2.45, 2.75) is 25.6 Å². The summed E-state index contributed by atoms with van der Waals surface area (Å²) in [6, 6.07) is 8.71. The summed E-state index contributed by atoms with van der Waals surface area (Å²) in [5.41, 5.74) is 1.20. The summed E-state index contributed by atoms with van der Waals surface area (Å²) in [5.74, 6) is -0.944. The van der Waals surface area contributed by atoms with Gasteiger partial charge in [-0.05, 0) is 61.4 Å². The summed E-state index contributed by atoms with van der Waals surface area (Å²) < 4.78 is 44.3. The van der Waals surface area contributed by atoms with Gasteiger partial charge in [-0.2, -0.15) is 13.2 Å². The molecule has 0 unspecified atom stereocenters. The number of hydrogen-bond acceptors (Lipinski definition) is 3. The zero-order valence-electron chi connectivity index (χ0n) is 16.0. The summed E-state index contributed by atoms with van der Waals surface area (Å²) >= 11 is 0. The fourth-order valence-electron chi connectivity index (χ4n) is 3.15. The number of hydrogen-bond donors (Lipinski definition) is 1. The third kappa shape index (κ3) is 3.56. The van der Waals surface area contributed by atoms with Gasteiger partial charge < -0.3 is 15.0 Å². The molecular formula is C21H21F3N2O2. The van der Waals surface area contributed by atoms with E-state index in [2.05, 4.69) is 24.1 Å². The summed E-state index contributed by atoms with van der Waals surface area (Å²) in [6.07, 6.45) is -0.656. The van der Waals surface area contributed by atoms with Crippen molar-refractivity contribution in [1.82, 2.24) is 4.90 Å². The van der Waals surface area contributed by atoms with Crippen LogP contribution in [0.3, 0.4) is 0 Å². The number of benzene rings is 2. The molecule has 2 aromatic carbocycles. The molecule has 0 saturated carbocycles. The van der Waals surface area contributed by atoms with E-state index in [-0.39, 0.29) is 16.9 Å². The van der Waals surface area contributed by atoms with Gasteiger partial charge in [-0.1, -0.05) is 6.07 Å². The van der Waals surface area contributed by atoms with Gasteiger partial charge in [0, 0.05) is 24.5 Å². The second-order valence-corrected chi connectivity index (χ2v) is 7.15. The second kappa shape index (κ2) is 6.89. The van der Waals surface area contributed by atoms with Crippen LogP contribution in [-0.2, 0) is 11.7 Å². The zero-order chi connectivity index (χ0) is 20.7. The Morgan fingerprint density at radius 3 is 2.50 bits per heavy atom. The van der Waals surface area contributed by atoms with Crippen molar-refractivity contribution in [2.24, 2.45) is 0 Å². The number of nitrogens with one attached hydrogen (secondary N) is 1. The normalized spacial score (nSPS) is 15.2. The standard InChI is InChI=1S/C21H21F3N2O2/c1-20(2)16-12-15(7-5-13(16)9-10-26(20)3)25-19(27)14-6-8-18(28-4)17(11-14)21(22,23)24/h5-12H,1-4H3,(H,25,27). The zero-order valence-corrected chi connectivity index (χ0v) is 16.0. The molecule has 7 heteroatoms. The highest BCUT2D eigenvalue weighted by Gasteiger charge is 2.35. The van der Waals surface area contributed by atoms with Gasteiger partial charge in [-0.25, -0.2) is 0 Å². The molecule has 4 nitrogen and oxygen atoms in total. The molecule has 0 saturated heterocycles. The first kappa shape index (κ1) is 19.8. The van der Waals surface area contributed by atoms with Crippen LogP contribution in [0.25, 0.3) is 6.08 Å². The van der Waals surface area contributed by atoms with Crippen LogP contribution in [0.2, 0.25) is 0 Å². The number of carbonyl (C=O) groups excluding carboxylic acids is 1. The van der Waals surface area contributed by atoms with Crippen LogP contribution in [0.15, 0.2) is 42.6 Å². The number of alkyl halides is 3. The maximum absolute atomic E-state index is 13.2. The number of nitrogens with zero attached hydrogens (tertiary/aromatic N) is 1. The van der Waals surface area contributed by atoms with Crippen LogP contribution in [0.1, 0.15) is 40.9 Å². The molecule has 1 N–H and O–H groups in total. The first-order valence-corrected chi connectivity index (χ1v) is 8.66. The van der Waals surface area contributed by atoms with Gasteiger partial charge in [0.15, 0.2) is 0 Å². The third-order valence-corrected chi connectivity index (χ3v) is 5.10. The van der Waals surface area contributed by atoms with E-state index >= 15 is 0 Å². The average molecular weight is 390 g/mol. The Morgan fingerprint density at radius 2 is 1.86 bits per heavy atom. The highest BCUT2D eigenvalue weighted by molar-refractivity contribution is 6.04. The number of halogens is 3. The lowest BCUT2D eigenvalue weighted by Gasteiger charge is -2.39. The van der Waals surface area contributed by atoms with E-state index in [1.165, 1.54) is 6.07 Å². The minimum Gasteiger partial charge on any atom is -0.496 e. The maximum atomic E-state index is 13.2. The molecule has 0 aromatic heterocycles. The minimum atomic E-state index is -4.62. The lowest BCUT2D eigenvalue weighted by molar-refractivity contribution is -0.138. The van der Waals surface area contributed by atoms with Crippen molar-refractivity contribution in [2.75, 3.05) is 19.5 Å². The first-order chi connectivity index (χ1) is 13.0. The Labute approximate surface area is 161 Å². The molecule has 1 aliphatic rings. The highest BCUT2D eigenvalue weighted by Crippen LogP contribution is 2.38. The van der Waals surface area contributed by atoms with Crippen LogP contribution in [0.4, 0.5) is 18.9 Å². The van der Waals surface area contributed by atoms with Crippen molar-refractivity contribution in [3.8, 4) is 5.75 Å². The number of carbonyl (C=O) groups is 1. The summed E-state index contributed by atoms with van der Waals surface area (Å²) in [6.45, 7) is 4.11. The van der Waals surface area contributed by atoms with Crippen molar-refractivity contribution in [3.63, 3.8) is 0 Å². The Morgan fingerprint density at radius 1 is 1.14 bits per heavy atom. The highest BCUT2D eigenvalue weighted by atomic mass is 19.4. The van der Waals surface area contributed by atoms with Crippen LogP contribution >= 0.6 is 0 Å². The van der Waals surface area contributed by atoms with Gasteiger partial charge in [0.2, 0.25) is 0 Å². The van der Waals surface area contributed by atoms with Crippen molar-refractivity contribution in [3.05, 3.63) is 64.9 Å². The Balaban J connectivity index is 1.91. The van der Waals surface area contributed by atoms with Gasteiger partial charge in [-0.3, -0.25) is 4.79 Å². The molecule has 28 heavy (non-hydrogen) atoms. The predicted molar refractivity (Wildman–Crippen MR) is 102 cm³/mol. The Hall–Kier alpha value is -2.96. The van der Waals surface area contributed by atoms with Crippen molar-refractivity contribution in [1.29, 1.82) is 0 Å². The first-order valence-electron chi connectivity index (χ1n) is 8.66. The maximum Gasteiger partial charge on any atom is 0.419 e. The Kier molecular flexibility index (Phi) is 4.87. The molecule has 1 amide bonds. The molecule has 0 radical (unpaired) electrons. The number of anilines is 1. The number of ether oxygens (including phenoxy) is 1.